The van der Waals surface area contributed by atoms with E-state index in [-0.39, 0.29) is 35.4 Å². The third-order valence-corrected chi connectivity index (χ3v) is 6.71. The van der Waals surface area contributed by atoms with Crippen molar-refractivity contribution in [3.8, 4) is 6.07 Å². The molecule has 1 aromatic carbocycles. The van der Waals surface area contributed by atoms with Crippen LogP contribution in [0, 0.1) is 29.0 Å². The van der Waals surface area contributed by atoms with Crippen molar-refractivity contribution in [2.24, 2.45) is 11.8 Å². The zero-order chi connectivity index (χ0) is 22.2. The fourth-order valence-corrected chi connectivity index (χ4v) is 4.80. The van der Waals surface area contributed by atoms with E-state index in [4.69, 9.17) is 5.26 Å². The molecule has 30 heavy (non-hydrogen) atoms. The lowest BCUT2D eigenvalue weighted by atomic mass is 9.74. The van der Waals surface area contributed by atoms with Gasteiger partial charge < -0.3 is 15.5 Å². The number of carbonyl (C=O) groups is 2. The van der Waals surface area contributed by atoms with Crippen molar-refractivity contribution in [1.29, 1.82) is 5.26 Å². The molecule has 6 nitrogen and oxygen atoms in total. The molecule has 5 atom stereocenters. The third-order valence-electron chi connectivity index (χ3n) is 6.71. The van der Waals surface area contributed by atoms with Gasteiger partial charge in [0, 0.05) is 35.7 Å². The zero-order valence-electron chi connectivity index (χ0n) is 18.1. The molecule has 7 heteroatoms. The number of likely N-dealkylation sites (tertiary alicyclic amines) is 1. The largest absolute Gasteiger partial charge is 0.349 e. The number of carbonyl (C=O) groups excluding carboxylic acids is 2. The molecular formula is C23H29FN4O2. The number of nitrogens with one attached hydrogen (secondary N) is 2. The normalized spacial score (nSPS) is 26.3. The molecular weight excluding hydrogens is 383 g/mol. The number of nitriles is 1. The maximum absolute atomic E-state index is 14.3. The van der Waals surface area contributed by atoms with Crippen LogP contribution in [-0.4, -0.2) is 42.4 Å². The summed E-state index contributed by atoms with van der Waals surface area (Å²) in [5.74, 6) is -1.55. The van der Waals surface area contributed by atoms with Crippen LogP contribution in [0.3, 0.4) is 0 Å². The van der Waals surface area contributed by atoms with Gasteiger partial charge in [-0.1, -0.05) is 11.6 Å². The van der Waals surface area contributed by atoms with Crippen LogP contribution in [0.4, 0.5) is 4.39 Å². The second kappa shape index (κ2) is 8.57. The number of amides is 2. The lowest BCUT2D eigenvalue weighted by Gasteiger charge is -2.46. The Hall–Kier alpha value is -2.72. The van der Waals surface area contributed by atoms with Crippen LogP contribution in [-0.2, 0) is 9.59 Å². The van der Waals surface area contributed by atoms with E-state index in [0.717, 1.165) is 24.6 Å². The molecule has 160 valence electrons. The van der Waals surface area contributed by atoms with E-state index < -0.39 is 17.8 Å². The summed E-state index contributed by atoms with van der Waals surface area (Å²) in [7, 11) is 2.08. The average Bonchev–Trinajstić information content (AvgIpc) is 2.70. The maximum atomic E-state index is 14.3. The molecule has 2 N–H and O–H groups in total. The van der Waals surface area contributed by atoms with Gasteiger partial charge in [-0.3, -0.25) is 9.59 Å². The van der Waals surface area contributed by atoms with Crippen LogP contribution < -0.4 is 10.6 Å². The third kappa shape index (κ3) is 3.97. The zero-order valence-corrected chi connectivity index (χ0v) is 18.1. The minimum atomic E-state index is -0.658. The van der Waals surface area contributed by atoms with Gasteiger partial charge in [0.2, 0.25) is 11.8 Å². The van der Waals surface area contributed by atoms with E-state index in [1.165, 1.54) is 12.1 Å². The summed E-state index contributed by atoms with van der Waals surface area (Å²) in [6, 6.07) is 5.84. The van der Waals surface area contributed by atoms with E-state index in [1.54, 1.807) is 13.8 Å². The summed E-state index contributed by atoms with van der Waals surface area (Å²) in [5, 5.41) is 14.8. The standard InChI is InChI=1S/C23H29FN4O2/c1-12-20(23(30)27-19-8-9-28(5)15(4)21(12)19)13(2)22(29)26-14(3)17-7-6-16(11-25)10-18(17)24/h6-7,10,13-15,19,21H,8-9H2,1-5H3,(H,26,29)(H,27,30)/t13-,14-,15?,19?,21?/m0/s1. The van der Waals surface area contributed by atoms with Crippen molar-refractivity contribution >= 4 is 11.8 Å². The highest BCUT2D eigenvalue weighted by Gasteiger charge is 2.42. The number of halogens is 1. The number of piperidine rings is 1. The molecule has 2 amide bonds. The highest BCUT2D eigenvalue weighted by molar-refractivity contribution is 6.01. The molecule has 1 fully saturated rings. The molecule has 2 aliphatic rings. The lowest BCUT2D eigenvalue weighted by Crippen LogP contribution is -2.58. The molecule has 2 heterocycles. The highest BCUT2D eigenvalue weighted by atomic mass is 19.1. The first-order valence-electron chi connectivity index (χ1n) is 10.4. The van der Waals surface area contributed by atoms with Crippen LogP contribution >= 0.6 is 0 Å². The molecule has 1 saturated heterocycles. The molecule has 3 rings (SSSR count). The Bertz CT molecular complexity index is 936. The van der Waals surface area contributed by atoms with E-state index in [9.17, 15) is 14.0 Å². The Labute approximate surface area is 177 Å². The molecule has 1 aromatic rings. The van der Waals surface area contributed by atoms with Gasteiger partial charge in [-0.2, -0.15) is 5.26 Å². The van der Waals surface area contributed by atoms with Crippen molar-refractivity contribution in [2.75, 3.05) is 13.6 Å². The number of nitrogens with zero attached hydrogens (tertiary/aromatic N) is 2. The first-order valence-corrected chi connectivity index (χ1v) is 10.4. The van der Waals surface area contributed by atoms with E-state index in [0.29, 0.717) is 11.1 Å². The predicted octanol–water partition coefficient (Wildman–Crippen LogP) is 2.67. The van der Waals surface area contributed by atoms with Crippen molar-refractivity contribution < 1.29 is 14.0 Å². The van der Waals surface area contributed by atoms with E-state index in [2.05, 4.69) is 29.5 Å². The highest BCUT2D eigenvalue weighted by Crippen LogP contribution is 2.36. The first-order chi connectivity index (χ1) is 14.1. The van der Waals surface area contributed by atoms with Crippen LogP contribution in [0.2, 0.25) is 0 Å². The number of benzene rings is 1. The van der Waals surface area contributed by atoms with E-state index in [1.807, 2.05) is 13.0 Å². The van der Waals surface area contributed by atoms with Gasteiger partial charge in [-0.25, -0.2) is 4.39 Å². The minimum Gasteiger partial charge on any atom is -0.349 e. The van der Waals surface area contributed by atoms with Crippen molar-refractivity contribution in [1.82, 2.24) is 15.5 Å². The monoisotopic (exact) mass is 412 g/mol. The maximum Gasteiger partial charge on any atom is 0.248 e. The molecule has 0 radical (unpaired) electrons. The lowest BCUT2D eigenvalue weighted by molar-refractivity contribution is -0.127. The van der Waals surface area contributed by atoms with Gasteiger partial charge in [0.25, 0.3) is 0 Å². The second-order valence-corrected chi connectivity index (χ2v) is 8.51. The van der Waals surface area contributed by atoms with Crippen LogP contribution in [0.5, 0.6) is 0 Å². The summed E-state index contributed by atoms with van der Waals surface area (Å²) in [6.07, 6.45) is 0.886. The van der Waals surface area contributed by atoms with Gasteiger partial charge in [-0.15, -0.1) is 0 Å². The van der Waals surface area contributed by atoms with Gasteiger partial charge in [0.05, 0.1) is 23.6 Å². The number of hydrogen-bond acceptors (Lipinski definition) is 4. The summed E-state index contributed by atoms with van der Waals surface area (Å²) < 4.78 is 14.3. The number of fused-ring (bicyclic) bond motifs is 1. The van der Waals surface area contributed by atoms with Crippen LogP contribution in [0.1, 0.15) is 51.3 Å². The van der Waals surface area contributed by atoms with Crippen molar-refractivity contribution in [2.45, 2.75) is 52.2 Å². The Morgan fingerprint density at radius 2 is 2.10 bits per heavy atom. The average molecular weight is 413 g/mol. The SMILES string of the molecule is CC1=C([C@H](C)C(=O)N[C@@H](C)c2ccc(C#N)cc2F)C(=O)NC2CCN(C)C(C)C12. The van der Waals surface area contributed by atoms with Gasteiger partial charge in [0.15, 0.2) is 0 Å². The Balaban J connectivity index is 1.81. The predicted molar refractivity (Wildman–Crippen MR) is 112 cm³/mol. The summed E-state index contributed by atoms with van der Waals surface area (Å²) >= 11 is 0. The summed E-state index contributed by atoms with van der Waals surface area (Å²) in [4.78, 5) is 28.0. The van der Waals surface area contributed by atoms with Gasteiger partial charge in [0.1, 0.15) is 5.82 Å². The smallest absolute Gasteiger partial charge is 0.248 e. The molecule has 0 aliphatic carbocycles. The summed E-state index contributed by atoms with van der Waals surface area (Å²) in [6.45, 7) is 8.43. The summed E-state index contributed by atoms with van der Waals surface area (Å²) in [5.41, 5.74) is 1.99. The molecule has 3 unspecified atom stereocenters. The van der Waals surface area contributed by atoms with E-state index >= 15 is 0 Å². The topological polar surface area (TPSA) is 85.2 Å². The number of hydrogen-bond donors (Lipinski definition) is 2. The molecule has 0 spiro atoms. The Morgan fingerprint density at radius 1 is 1.40 bits per heavy atom. The fraction of sp³-hybridized carbons (Fsp3) is 0.522. The Morgan fingerprint density at radius 3 is 2.73 bits per heavy atom. The van der Waals surface area contributed by atoms with Crippen molar-refractivity contribution in [3.05, 3.63) is 46.3 Å². The van der Waals surface area contributed by atoms with Crippen LogP contribution in [0.25, 0.3) is 0 Å². The Kier molecular flexibility index (Phi) is 6.27. The number of rotatable bonds is 4. The molecule has 0 bridgehead atoms. The van der Waals surface area contributed by atoms with Crippen molar-refractivity contribution in [3.63, 3.8) is 0 Å². The molecule has 0 saturated carbocycles. The second-order valence-electron chi connectivity index (χ2n) is 8.51. The minimum absolute atomic E-state index is 0.0920. The first kappa shape index (κ1) is 22.0. The quantitative estimate of drug-likeness (QED) is 0.796. The molecule has 0 aromatic heterocycles. The molecule has 2 aliphatic heterocycles. The van der Waals surface area contributed by atoms with Crippen LogP contribution in [0.15, 0.2) is 29.3 Å². The fourth-order valence-electron chi connectivity index (χ4n) is 4.80. The van der Waals surface area contributed by atoms with Gasteiger partial charge in [-0.05, 0) is 53.3 Å². The van der Waals surface area contributed by atoms with Gasteiger partial charge >= 0.3 is 0 Å².